The fraction of sp³-hybridized carbons (Fsp3) is 0.417. The number of aryl methyl sites for hydroxylation is 1. The monoisotopic (exact) mass is 232 g/mol. The highest BCUT2D eigenvalue weighted by Gasteiger charge is 2.12. The predicted molar refractivity (Wildman–Crippen MR) is 64.9 cm³/mol. The summed E-state index contributed by atoms with van der Waals surface area (Å²) in [5.41, 5.74) is 0.756. The lowest BCUT2D eigenvalue weighted by Gasteiger charge is -2.05. The van der Waals surface area contributed by atoms with E-state index in [2.05, 4.69) is 10.1 Å². The van der Waals surface area contributed by atoms with Gasteiger partial charge in [0.25, 0.3) is 0 Å². The van der Waals surface area contributed by atoms with Gasteiger partial charge in [-0.05, 0) is 32.9 Å². The number of pyridine rings is 1. The zero-order valence-electron chi connectivity index (χ0n) is 10.3. The van der Waals surface area contributed by atoms with E-state index in [9.17, 15) is 4.79 Å². The minimum absolute atomic E-state index is 0.0804. The van der Waals surface area contributed by atoms with Crippen molar-refractivity contribution in [3.63, 3.8) is 0 Å². The number of nitrogens with zero attached hydrogens (tertiary/aromatic N) is 4. The van der Waals surface area contributed by atoms with Crippen molar-refractivity contribution in [2.45, 2.75) is 33.4 Å². The van der Waals surface area contributed by atoms with Gasteiger partial charge in [-0.15, -0.1) is 0 Å². The van der Waals surface area contributed by atoms with Gasteiger partial charge in [0, 0.05) is 12.2 Å². The molecule has 0 unspecified atom stereocenters. The van der Waals surface area contributed by atoms with Gasteiger partial charge in [0.15, 0.2) is 0 Å². The van der Waals surface area contributed by atoms with Crippen LogP contribution in [0.2, 0.25) is 0 Å². The molecule has 0 aliphatic carbocycles. The van der Waals surface area contributed by atoms with E-state index in [1.54, 1.807) is 10.8 Å². The van der Waals surface area contributed by atoms with Gasteiger partial charge < -0.3 is 0 Å². The SMILES string of the molecule is Cc1nn(Cc2ccccn2)c(=O)n1C(C)C. The summed E-state index contributed by atoms with van der Waals surface area (Å²) in [5.74, 6) is 0.737. The molecule has 2 rings (SSSR count). The highest BCUT2D eigenvalue weighted by Crippen LogP contribution is 2.03. The van der Waals surface area contributed by atoms with Crippen molar-refractivity contribution >= 4 is 0 Å². The Morgan fingerprint density at radius 3 is 2.65 bits per heavy atom. The van der Waals surface area contributed by atoms with Crippen LogP contribution in [0.4, 0.5) is 0 Å². The van der Waals surface area contributed by atoms with E-state index >= 15 is 0 Å². The maximum absolute atomic E-state index is 12.1. The maximum atomic E-state index is 12.1. The van der Waals surface area contributed by atoms with E-state index in [1.165, 1.54) is 4.68 Å². The molecule has 0 spiro atoms. The van der Waals surface area contributed by atoms with Crippen LogP contribution in [0.25, 0.3) is 0 Å². The summed E-state index contributed by atoms with van der Waals surface area (Å²) in [6.45, 7) is 6.21. The van der Waals surface area contributed by atoms with Crippen molar-refractivity contribution < 1.29 is 0 Å². The summed E-state index contributed by atoms with van der Waals surface area (Å²) in [6, 6.07) is 5.76. The second-order valence-electron chi connectivity index (χ2n) is 4.27. The van der Waals surface area contributed by atoms with Crippen molar-refractivity contribution in [1.82, 2.24) is 19.3 Å². The fourth-order valence-corrected chi connectivity index (χ4v) is 1.87. The lowest BCUT2D eigenvalue weighted by molar-refractivity contribution is 0.548. The molecular weight excluding hydrogens is 216 g/mol. The second kappa shape index (κ2) is 4.53. The van der Waals surface area contributed by atoms with Crippen LogP contribution in [0.15, 0.2) is 29.2 Å². The highest BCUT2D eigenvalue weighted by atomic mass is 16.2. The Morgan fingerprint density at radius 2 is 2.12 bits per heavy atom. The Morgan fingerprint density at radius 1 is 1.35 bits per heavy atom. The zero-order chi connectivity index (χ0) is 12.4. The Kier molecular flexibility index (Phi) is 3.08. The first-order valence-electron chi connectivity index (χ1n) is 5.65. The first kappa shape index (κ1) is 11.6. The van der Waals surface area contributed by atoms with Crippen molar-refractivity contribution in [3.8, 4) is 0 Å². The minimum Gasteiger partial charge on any atom is -0.277 e. The van der Waals surface area contributed by atoms with E-state index in [4.69, 9.17) is 0 Å². The van der Waals surface area contributed by atoms with Crippen molar-refractivity contribution in [2.24, 2.45) is 0 Å². The molecule has 0 atom stereocenters. The molecule has 0 saturated heterocycles. The molecule has 2 heterocycles. The first-order chi connectivity index (χ1) is 8.09. The van der Waals surface area contributed by atoms with E-state index < -0.39 is 0 Å². The molecule has 90 valence electrons. The summed E-state index contributed by atoms with van der Waals surface area (Å²) in [6.07, 6.45) is 1.71. The number of hydrogen-bond acceptors (Lipinski definition) is 3. The molecule has 0 saturated carbocycles. The predicted octanol–water partition coefficient (Wildman–Crippen LogP) is 1.38. The zero-order valence-corrected chi connectivity index (χ0v) is 10.3. The molecule has 2 aromatic rings. The van der Waals surface area contributed by atoms with E-state index in [-0.39, 0.29) is 11.7 Å². The van der Waals surface area contributed by atoms with Crippen LogP contribution in [0.1, 0.15) is 31.4 Å². The lowest BCUT2D eigenvalue weighted by Crippen LogP contribution is -2.27. The third-order valence-corrected chi connectivity index (χ3v) is 2.60. The van der Waals surface area contributed by atoms with Gasteiger partial charge in [0.2, 0.25) is 0 Å². The fourth-order valence-electron chi connectivity index (χ4n) is 1.87. The number of aromatic nitrogens is 4. The summed E-state index contributed by atoms with van der Waals surface area (Å²) >= 11 is 0. The van der Waals surface area contributed by atoms with E-state index in [1.807, 2.05) is 39.0 Å². The molecule has 0 amide bonds. The molecule has 5 nitrogen and oxygen atoms in total. The van der Waals surface area contributed by atoms with E-state index in [0.717, 1.165) is 11.5 Å². The molecule has 0 aliphatic heterocycles. The third kappa shape index (κ3) is 2.27. The van der Waals surface area contributed by atoms with Crippen LogP contribution in [0.5, 0.6) is 0 Å². The van der Waals surface area contributed by atoms with Crippen molar-refractivity contribution in [2.75, 3.05) is 0 Å². The molecule has 0 fully saturated rings. The molecule has 0 radical (unpaired) electrons. The van der Waals surface area contributed by atoms with Gasteiger partial charge in [-0.2, -0.15) is 5.10 Å². The quantitative estimate of drug-likeness (QED) is 0.803. The Bertz CT molecular complexity index is 554. The van der Waals surface area contributed by atoms with Gasteiger partial charge in [-0.25, -0.2) is 9.48 Å². The largest absolute Gasteiger partial charge is 0.346 e. The Balaban J connectivity index is 2.36. The van der Waals surface area contributed by atoms with Crippen molar-refractivity contribution in [1.29, 1.82) is 0 Å². The maximum Gasteiger partial charge on any atom is 0.346 e. The van der Waals surface area contributed by atoms with Crippen LogP contribution in [-0.4, -0.2) is 19.3 Å². The van der Waals surface area contributed by atoms with Crippen molar-refractivity contribution in [3.05, 3.63) is 46.4 Å². The smallest absolute Gasteiger partial charge is 0.277 e. The average molecular weight is 232 g/mol. The topological polar surface area (TPSA) is 52.7 Å². The molecule has 17 heavy (non-hydrogen) atoms. The normalized spacial score (nSPS) is 11.1. The number of hydrogen-bond donors (Lipinski definition) is 0. The average Bonchev–Trinajstić information content (AvgIpc) is 2.55. The molecule has 0 N–H and O–H groups in total. The number of rotatable bonds is 3. The van der Waals surface area contributed by atoms with Crippen LogP contribution in [0, 0.1) is 6.92 Å². The van der Waals surface area contributed by atoms with Gasteiger partial charge in [0.1, 0.15) is 5.82 Å². The van der Waals surface area contributed by atoms with Crippen LogP contribution >= 0.6 is 0 Å². The highest BCUT2D eigenvalue weighted by molar-refractivity contribution is 5.04. The van der Waals surface area contributed by atoms with Gasteiger partial charge in [-0.3, -0.25) is 9.55 Å². The van der Waals surface area contributed by atoms with E-state index in [0.29, 0.717) is 6.54 Å². The van der Waals surface area contributed by atoms with Crippen LogP contribution in [-0.2, 0) is 6.54 Å². The van der Waals surface area contributed by atoms with Gasteiger partial charge in [-0.1, -0.05) is 6.07 Å². The molecule has 5 heteroatoms. The van der Waals surface area contributed by atoms with Gasteiger partial charge >= 0.3 is 5.69 Å². The van der Waals surface area contributed by atoms with Gasteiger partial charge in [0.05, 0.1) is 12.2 Å². The first-order valence-corrected chi connectivity index (χ1v) is 5.65. The molecular formula is C12H16N4O. The molecule has 0 aliphatic rings. The summed E-state index contributed by atoms with van der Waals surface area (Å²) < 4.78 is 3.14. The summed E-state index contributed by atoms with van der Waals surface area (Å²) in [4.78, 5) is 16.3. The lowest BCUT2D eigenvalue weighted by atomic mass is 10.3. The minimum atomic E-state index is -0.0804. The molecule has 0 aromatic carbocycles. The summed E-state index contributed by atoms with van der Waals surface area (Å²) in [5, 5.41) is 4.25. The Hall–Kier alpha value is -1.91. The third-order valence-electron chi connectivity index (χ3n) is 2.60. The van der Waals surface area contributed by atoms with Crippen LogP contribution in [0.3, 0.4) is 0 Å². The Labute approximate surface area is 99.7 Å². The summed E-state index contributed by atoms with van der Waals surface area (Å²) in [7, 11) is 0. The van der Waals surface area contributed by atoms with Crippen LogP contribution < -0.4 is 5.69 Å². The second-order valence-corrected chi connectivity index (χ2v) is 4.27. The standard InChI is InChI=1S/C12H16N4O/c1-9(2)16-10(3)14-15(12(16)17)8-11-6-4-5-7-13-11/h4-7,9H,8H2,1-3H3. The molecule has 0 bridgehead atoms. The molecule has 2 aromatic heterocycles.